The van der Waals surface area contributed by atoms with Crippen LogP contribution in [0.4, 0.5) is 0 Å². The van der Waals surface area contributed by atoms with Gasteiger partial charge in [-0.15, -0.1) is 21.5 Å². The molecule has 1 N–H and O–H groups in total. The van der Waals surface area contributed by atoms with Crippen molar-refractivity contribution in [3.63, 3.8) is 0 Å². The molecular formula is C27H22N6O4S2. The Morgan fingerprint density at radius 2 is 2.03 bits per heavy atom. The summed E-state index contributed by atoms with van der Waals surface area (Å²) < 4.78 is 18.3. The summed E-state index contributed by atoms with van der Waals surface area (Å²) >= 11 is 2.91. The first-order chi connectivity index (χ1) is 19.2. The number of para-hydroxylation sites is 2. The Kier molecular flexibility index (Phi) is 7.11. The number of methoxy groups -OCH3 is 1. The number of ether oxygens (including phenoxy) is 3. The van der Waals surface area contributed by atoms with Gasteiger partial charge in [-0.2, -0.15) is 0 Å². The van der Waals surface area contributed by atoms with Gasteiger partial charge >= 0.3 is 0 Å². The summed E-state index contributed by atoms with van der Waals surface area (Å²) in [6.45, 7) is 0.570. The minimum absolute atomic E-state index is 0.213. The third-order valence-electron chi connectivity index (χ3n) is 5.88. The van der Waals surface area contributed by atoms with E-state index in [0.717, 1.165) is 21.8 Å². The van der Waals surface area contributed by atoms with Gasteiger partial charge in [-0.3, -0.25) is 14.3 Å². The highest BCUT2D eigenvalue weighted by atomic mass is 32.2. The van der Waals surface area contributed by atoms with Crippen molar-refractivity contribution in [2.45, 2.75) is 17.5 Å². The number of carbonyl (C=O) groups is 1. The first kappa shape index (κ1) is 24.9. The Hall–Kier alpha value is -4.42. The van der Waals surface area contributed by atoms with Crippen LogP contribution in [0.15, 0.2) is 77.5 Å². The smallest absolute Gasteiger partial charge is 0.271 e. The van der Waals surface area contributed by atoms with Gasteiger partial charge in [0, 0.05) is 29.9 Å². The summed E-state index contributed by atoms with van der Waals surface area (Å²) in [5, 5.41) is 15.1. The minimum atomic E-state index is -0.240. The van der Waals surface area contributed by atoms with E-state index in [9.17, 15) is 4.79 Å². The van der Waals surface area contributed by atoms with E-state index in [1.807, 2.05) is 59.2 Å². The van der Waals surface area contributed by atoms with Crippen LogP contribution in [-0.4, -0.2) is 44.5 Å². The molecular weight excluding hydrogens is 536 g/mol. The third-order valence-corrected chi connectivity index (χ3v) is 7.85. The van der Waals surface area contributed by atoms with Crippen molar-refractivity contribution in [3.8, 4) is 34.3 Å². The summed E-state index contributed by atoms with van der Waals surface area (Å²) in [5.41, 5.74) is 2.93. The second-order valence-corrected chi connectivity index (χ2v) is 10.2. The molecule has 0 saturated heterocycles. The zero-order chi connectivity index (χ0) is 26.6. The van der Waals surface area contributed by atoms with Crippen LogP contribution in [0.2, 0.25) is 0 Å². The second kappa shape index (κ2) is 11.1. The Bertz CT molecular complexity index is 1620. The van der Waals surface area contributed by atoms with Crippen molar-refractivity contribution < 1.29 is 19.0 Å². The lowest BCUT2D eigenvalue weighted by Crippen LogP contribution is -2.23. The monoisotopic (exact) mass is 558 g/mol. The van der Waals surface area contributed by atoms with Gasteiger partial charge in [0.25, 0.3) is 5.91 Å². The first-order valence-electron chi connectivity index (χ1n) is 11.9. The number of hydrogen-bond donors (Lipinski definition) is 1. The maximum atomic E-state index is 12.7. The van der Waals surface area contributed by atoms with Gasteiger partial charge in [0.05, 0.1) is 18.6 Å². The van der Waals surface area contributed by atoms with Gasteiger partial charge in [-0.05, 0) is 42.0 Å². The van der Waals surface area contributed by atoms with Gasteiger partial charge < -0.3 is 19.5 Å². The second-order valence-electron chi connectivity index (χ2n) is 8.34. The highest BCUT2D eigenvalue weighted by Gasteiger charge is 2.20. The number of thiazole rings is 1. The Labute approximate surface area is 232 Å². The maximum Gasteiger partial charge on any atom is 0.271 e. The number of fused-ring (bicyclic) bond motifs is 1. The third kappa shape index (κ3) is 5.29. The fraction of sp³-hybridized carbons (Fsp3) is 0.148. The average molecular weight is 559 g/mol. The van der Waals surface area contributed by atoms with E-state index in [2.05, 4.69) is 25.5 Å². The van der Waals surface area contributed by atoms with Crippen molar-refractivity contribution in [2.75, 3.05) is 13.9 Å². The highest BCUT2D eigenvalue weighted by Crippen LogP contribution is 2.34. The molecule has 39 heavy (non-hydrogen) atoms. The van der Waals surface area contributed by atoms with Crippen molar-refractivity contribution in [1.29, 1.82) is 0 Å². The van der Waals surface area contributed by atoms with Crippen LogP contribution in [0.5, 0.6) is 17.2 Å². The van der Waals surface area contributed by atoms with Gasteiger partial charge in [0.1, 0.15) is 16.5 Å². The van der Waals surface area contributed by atoms with E-state index in [1.54, 1.807) is 24.9 Å². The highest BCUT2D eigenvalue weighted by molar-refractivity contribution is 7.98. The number of nitrogens with one attached hydrogen (secondary N) is 1. The van der Waals surface area contributed by atoms with Crippen LogP contribution in [0.3, 0.4) is 0 Å². The molecule has 3 aromatic heterocycles. The molecule has 2 aromatic carbocycles. The van der Waals surface area contributed by atoms with E-state index in [-0.39, 0.29) is 12.7 Å². The van der Waals surface area contributed by atoms with Crippen molar-refractivity contribution in [3.05, 3.63) is 88.6 Å². The standard InChI is InChI=1S/C27H22N6O4S2/c1-35-21-7-3-2-6-20(21)33-25(18-5-4-10-28-13-18)31-32-27(33)39-15-24-30-19(14-38-24)26(34)29-12-17-8-9-22-23(11-17)37-16-36-22/h2-11,13-14H,12,15-16H2,1H3,(H,29,34). The van der Waals surface area contributed by atoms with Crippen LogP contribution in [-0.2, 0) is 12.3 Å². The summed E-state index contributed by atoms with van der Waals surface area (Å²) in [7, 11) is 1.63. The van der Waals surface area contributed by atoms with Crippen LogP contribution < -0.4 is 19.5 Å². The first-order valence-corrected chi connectivity index (χ1v) is 13.8. The lowest BCUT2D eigenvalue weighted by Gasteiger charge is -2.13. The summed E-state index contributed by atoms with van der Waals surface area (Å²) in [6, 6.07) is 17.1. The topological polar surface area (TPSA) is 113 Å². The zero-order valence-corrected chi connectivity index (χ0v) is 22.4. The molecule has 1 aliphatic rings. The van der Waals surface area contributed by atoms with Gasteiger partial charge in [-0.25, -0.2) is 4.98 Å². The van der Waals surface area contributed by atoms with E-state index >= 15 is 0 Å². The Balaban J connectivity index is 1.17. The quantitative estimate of drug-likeness (QED) is 0.256. The molecule has 196 valence electrons. The maximum absolute atomic E-state index is 12.7. The number of pyridine rings is 1. The van der Waals surface area contributed by atoms with Gasteiger partial charge in [-0.1, -0.05) is 30.0 Å². The molecule has 1 amide bonds. The van der Waals surface area contributed by atoms with E-state index in [4.69, 9.17) is 14.2 Å². The summed E-state index contributed by atoms with van der Waals surface area (Å²) in [5.74, 6) is 3.01. The molecule has 5 aromatic rings. The summed E-state index contributed by atoms with van der Waals surface area (Å²) in [6.07, 6.45) is 3.47. The normalized spacial score (nSPS) is 11.9. The molecule has 0 radical (unpaired) electrons. The van der Waals surface area contributed by atoms with Crippen LogP contribution in [0.25, 0.3) is 17.1 Å². The largest absolute Gasteiger partial charge is 0.495 e. The Morgan fingerprint density at radius 1 is 1.13 bits per heavy atom. The molecule has 10 nitrogen and oxygen atoms in total. The number of carbonyl (C=O) groups excluding carboxylic acids is 1. The van der Waals surface area contributed by atoms with Crippen LogP contribution in [0, 0.1) is 0 Å². The number of hydrogen-bond acceptors (Lipinski definition) is 10. The average Bonchev–Trinajstić information content (AvgIpc) is 3.74. The van der Waals surface area contributed by atoms with Crippen LogP contribution in [0.1, 0.15) is 21.1 Å². The predicted molar refractivity (Wildman–Crippen MR) is 147 cm³/mol. The number of thioether (sulfide) groups is 1. The van der Waals surface area contributed by atoms with Gasteiger partial charge in [0.2, 0.25) is 6.79 Å². The Morgan fingerprint density at radius 3 is 2.90 bits per heavy atom. The molecule has 12 heteroatoms. The molecule has 4 heterocycles. The molecule has 0 fully saturated rings. The molecule has 0 unspecified atom stereocenters. The fourth-order valence-electron chi connectivity index (χ4n) is 4.01. The predicted octanol–water partition coefficient (Wildman–Crippen LogP) is 4.75. The van der Waals surface area contributed by atoms with E-state index < -0.39 is 0 Å². The summed E-state index contributed by atoms with van der Waals surface area (Å²) in [4.78, 5) is 21.5. The number of aromatic nitrogens is 5. The van der Waals surface area contributed by atoms with Crippen molar-refractivity contribution >= 4 is 29.0 Å². The zero-order valence-electron chi connectivity index (χ0n) is 20.7. The number of amides is 1. The minimum Gasteiger partial charge on any atom is -0.495 e. The lowest BCUT2D eigenvalue weighted by atomic mass is 10.2. The molecule has 6 rings (SSSR count). The van der Waals surface area contributed by atoms with Crippen molar-refractivity contribution in [2.24, 2.45) is 0 Å². The van der Waals surface area contributed by atoms with Gasteiger partial charge in [0.15, 0.2) is 22.5 Å². The molecule has 0 bridgehead atoms. The molecule has 0 saturated carbocycles. The van der Waals surface area contributed by atoms with E-state index in [0.29, 0.717) is 46.2 Å². The molecule has 0 aliphatic carbocycles. The van der Waals surface area contributed by atoms with Crippen LogP contribution >= 0.6 is 23.1 Å². The lowest BCUT2D eigenvalue weighted by molar-refractivity contribution is 0.0946. The molecule has 0 spiro atoms. The van der Waals surface area contributed by atoms with Crippen molar-refractivity contribution in [1.82, 2.24) is 30.0 Å². The van der Waals surface area contributed by atoms with E-state index in [1.165, 1.54) is 23.1 Å². The molecule has 0 atom stereocenters. The number of benzene rings is 2. The number of rotatable bonds is 9. The molecule has 1 aliphatic heterocycles. The number of nitrogens with zero attached hydrogens (tertiary/aromatic N) is 5. The SMILES string of the molecule is COc1ccccc1-n1c(SCc2nc(C(=O)NCc3ccc4c(c3)OCO4)cs2)nnc1-c1cccnc1. The fourth-order valence-corrected chi connectivity index (χ4v) is 5.75.